The number of hydrogen-bond acceptors (Lipinski definition) is 0. The Kier molecular flexibility index (Phi) is 2.29. The minimum Gasteiger partial charge on any atom is -0.121 e. The molecule has 0 nitrogen and oxygen atoms in total. The van der Waals surface area contributed by atoms with E-state index in [0.29, 0.717) is 0 Å². The summed E-state index contributed by atoms with van der Waals surface area (Å²) in [6.07, 6.45) is 2.06. The summed E-state index contributed by atoms with van der Waals surface area (Å²) in [5.74, 6) is 0. The molecule has 1 aromatic carbocycles. The number of hydrogen-bond donors (Lipinski definition) is 0. The largest absolute Gasteiger partial charge is 0.121 e. The molecule has 2 atom stereocenters. The van der Waals surface area contributed by atoms with Crippen LogP contribution in [0.1, 0.15) is 22.9 Å². The van der Waals surface area contributed by atoms with Gasteiger partial charge in [-0.1, -0.05) is 24.3 Å². The summed E-state index contributed by atoms with van der Waals surface area (Å²) in [6, 6.07) is 8.27. The molecule has 0 amide bonds. The van der Waals surface area contributed by atoms with Crippen LogP contribution in [-0.2, 0) is 6.42 Å². The van der Waals surface area contributed by atoms with E-state index < -0.39 is 0 Å². The minimum absolute atomic E-state index is 0.00313. The highest BCUT2D eigenvalue weighted by molar-refractivity contribution is 6.30. The predicted octanol–water partition coefficient (Wildman–Crippen LogP) is 3.52. The SMILES string of the molecule is ClC1CCc2ccccc2C1Cl. The fourth-order valence-electron chi connectivity index (χ4n) is 1.67. The lowest BCUT2D eigenvalue weighted by Crippen LogP contribution is -2.16. The van der Waals surface area contributed by atoms with Crippen LogP contribution in [0, 0.1) is 0 Å². The van der Waals surface area contributed by atoms with Gasteiger partial charge in [0.2, 0.25) is 0 Å². The second kappa shape index (κ2) is 3.27. The van der Waals surface area contributed by atoms with Crippen LogP contribution in [0.2, 0.25) is 0 Å². The minimum atomic E-state index is -0.00313. The molecule has 0 bridgehead atoms. The van der Waals surface area contributed by atoms with Crippen molar-refractivity contribution < 1.29 is 0 Å². The first-order chi connectivity index (χ1) is 5.79. The maximum absolute atomic E-state index is 6.17. The molecular formula is C10H10Cl2. The Morgan fingerprint density at radius 3 is 2.75 bits per heavy atom. The van der Waals surface area contributed by atoms with E-state index in [-0.39, 0.29) is 10.8 Å². The zero-order chi connectivity index (χ0) is 8.55. The second-order valence-electron chi connectivity index (χ2n) is 3.16. The molecule has 0 aromatic heterocycles. The average Bonchev–Trinajstić information content (AvgIpc) is 2.12. The van der Waals surface area contributed by atoms with Gasteiger partial charge in [-0.05, 0) is 24.0 Å². The van der Waals surface area contributed by atoms with Crippen LogP contribution in [0.25, 0.3) is 0 Å². The first-order valence-electron chi connectivity index (χ1n) is 4.15. The van der Waals surface area contributed by atoms with Gasteiger partial charge in [-0.25, -0.2) is 0 Å². The van der Waals surface area contributed by atoms with Crippen molar-refractivity contribution in [1.82, 2.24) is 0 Å². The molecular weight excluding hydrogens is 191 g/mol. The van der Waals surface area contributed by atoms with E-state index >= 15 is 0 Å². The third-order valence-corrected chi connectivity index (χ3v) is 3.50. The molecule has 0 fully saturated rings. The van der Waals surface area contributed by atoms with Gasteiger partial charge >= 0.3 is 0 Å². The highest BCUT2D eigenvalue weighted by atomic mass is 35.5. The standard InChI is InChI=1S/C10H10Cl2/c11-9-6-5-7-3-1-2-4-8(7)10(9)12/h1-4,9-10H,5-6H2. The molecule has 0 saturated carbocycles. The lowest BCUT2D eigenvalue weighted by atomic mass is 9.91. The van der Waals surface area contributed by atoms with Gasteiger partial charge < -0.3 is 0 Å². The van der Waals surface area contributed by atoms with Crippen LogP contribution in [-0.4, -0.2) is 5.38 Å². The lowest BCUT2D eigenvalue weighted by molar-refractivity contribution is 0.676. The molecule has 0 heterocycles. The van der Waals surface area contributed by atoms with E-state index in [2.05, 4.69) is 18.2 Å². The van der Waals surface area contributed by atoms with Gasteiger partial charge in [0, 0.05) is 0 Å². The van der Waals surface area contributed by atoms with Crippen LogP contribution >= 0.6 is 23.2 Å². The Balaban J connectivity index is 2.42. The van der Waals surface area contributed by atoms with E-state index in [1.54, 1.807) is 0 Å². The van der Waals surface area contributed by atoms with E-state index in [1.807, 2.05) is 6.07 Å². The maximum atomic E-state index is 6.17. The molecule has 0 N–H and O–H groups in total. The van der Waals surface area contributed by atoms with Crippen molar-refractivity contribution in [3.63, 3.8) is 0 Å². The molecule has 0 saturated heterocycles. The van der Waals surface area contributed by atoms with Crippen molar-refractivity contribution in [3.8, 4) is 0 Å². The molecule has 12 heavy (non-hydrogen) atoms. The Hall–Kier alpha value is -0.200. The van der Waals surface area contributed by atoms with Gasteiger partial charge in [0.1, 0.15) is 0 Å². The predicted molar refractivity (Wildman–Crippen MR) is 53.0 cm³/mol. The van der Waals surface area contributed by atoms with Crippen LogP contribution in [0.15, 0.2) is 24.3 Å². The van der Waals surface area contributed by atoms with Gasteiger partial charge in [-0.2, -0.15) is 0 Å². The summed E-state index contributed by atoms with van der Waals surface area (Å²) in [6.45, 7) is 0. The van der Waals surface area contributed by atoms with Gasteiger partial charge in [0.15, 0.2) is 0 Å². The molecule has 0 aliphatic heterocycles. The normalized spacial score (nSPS) is 28.2. The van der Waals surface area contributed by atoms with Crippen LogP contribution < -0.4 is 0 Å². The average molecular weight is 201 g/mol. The van der Waals surface area contributed by atoms with Crippen molar-refractivity contribution in [2.24, 2.45) is 0 Å². The Bertz CT molecular complexity index is 283. The van der Waals surface area contributed by atoms with Crippen LogP contribution in [0.5, 0.6) is 0 Å². The third kappa shape index (κ3) is 1.34. The third-order valence-electron chi connectivity index (χ3n) is 2.36. The van der Waals surface area contributed by atoms with Crippen molar-refractivity contribution in [3.05, 3.63) is 35.4 Å². The summed E-state index contributed by atoms with van der Waals surface area (Å²) in [5.41, 5.74) is 2.57. The number of fused-ring (bicyclic) bond motifs is 1. The first-order valence-corrected chi connectivity index (χ1v) is 5.02. The smallest absolute Gasteiger partial charge is 0.0751 e. The number of rotatable bonds is 0. The molecule has 2 heteroatoms. The van der Waals surface area contributed by atoms with Gasteiger partial charge in [0.25, 0.3) is 0 Å². The summed E-state index contributed by atoms with van der Waals surface area (Å²) >= 11 is 12.2. The van der Waals surface area contributed by atoms with Crippen molar-refractivity contribution in [2.45, 2.75) is 23.6 Å². The molecule has 0 spiro atoms. The fraction of sp³-hybridized carbons (Fsp3) is 0.400. The summed E-state index contributed by atoms with van der Waals surface area (Å²) in [4.78, 5) is 0. The van der Waals surface area contributed by atoms with E-state index in [1.165, 1.54) is 11.1 Å². The van der Waals surface area contributed by atoms with Crippen LogP contribution in [0.3, 0.4) is 0 Å². The topological polar surface area (TPSA) is 0 Å². The van der Waals surface area contributed by atoms with E-state index in [4.69, 9.17) is 23.2 Å². The highest BCUT2D eigenvalue weighted by Gasteiger charge is 2.25. The molecule has 2 unspecified atom stereocenters. The zero-order valence-corrected chi connectivity index (χ0v) is 8.15. The second-order valence-corrected chi connectivity index (χ2v) is 4.19. The van der Waals surface area contributed by atoms with Crippen LogP contribution in [0.4, 0.5) is 0 Å². The van der Waals surface area contributed by atoms with Gasteiger partial charge in [0.05, 0.1) is 10.8 Å². The monoisotopic (exact) mass is 200 g/mol. The fourth-order valence-corrected chi connectivity index (χ4v) is 2.25. The summed E-state index contributed by atoms with van der Waals surface area (Å²) < 4.78 is 0. The van der Waals surface area contributed by atoms with Gasteiger partial charge in [-0.3, -0.25) is 0 Å². The lowest BCUT2D eigenvalue weighted by Gasteiger charge is -2.24. The van der Waals surface area contributed by atoms with Crippen molar-refractivity contribution in [2.75, 3.05) is 0 Å². The Labute approximate surface area is 82.5 Å². The summed E-state index contributed by atoms with van der Waals surface area (Å²) in [5, 5.41) is 0.0955. The van der Waals surface area contributed by atoms with E-state index in [9.17, 15) is 0 Å². The van der Waals surface area contributed by atoms with E-state index in [0.717, 1.165) is 12.8 Å². The van der Waals surface area contributed by atoms with Crippen molar-refractivity contribution >= 4 is 23.2 Å². The maximum Gasteiger partial charge on any atom is 0.0751 e. The quantitative estimate of drug-likeness (QED) is 0.563. The molecule has 0 radical (unpaired) electrons. The molecule has 1 aliphatic rings. The highest BCUT2D eigenvalue weighted by Crippen LogP contribution is 2.37. The Morgan fingerprint density at radius 2 is 1.92 bits per heavy atom. The zero-order valence-electron chi connectivity index (χ0n) is 6.63. The molecule has 1 aromatic rings. The molecule has 1 aliphatic carbocycles. The van der Waals surface area contributed by atoms with Crippen molar-refractivity contribution in [1.29, 1.82) is 0 Å². The Morgan fingerprint density at radius 1 is 1.17 bits per heavy atom. The first kappa shape index (κ1) is 8.40. The van der Waals surface area contributed by atoms with Gasteiger partial charge in [-0.15, -0.1) is 23.2 Å². The number of halogens is 2. The molecule has 64 valence electrons. The number of aryl methyl sites for hydroxylation is 1. The molecule has 2 rings (SSSR count). The number of benzene rings is 1. The summed E-state index contributed by atoms with van der Waals surface area (Å²) in [7, 11) is 0. The number of alkyl halides is 2.